The Kier molecular flexibility index (Phi) is 4.36. The summed E-state index contributed by atoms with van der Waals surface area (Å²) in [7, 11) is 0. The molecule has 6 nitrogen and oxygen atoms in total. The van der Waals surface area contributed by atoms with Crippen LogP contribution in [0.3, 0.4) is 0 Å². The van der Waals surface area contributed by atoms with Gasteiger partial charge in [-0.25, -0.2) is 4.98 Å². The molecular formula is C17H21F3N2O4. The third-order valence-electron chi connectivity index (χ3n) is 5.45. The lowest BCUT2D eigenvalue weighted by atomic mass is 9.92. The van der Waals surface area contributed by atoms with Crippen LogP contribution in [0.15, 0.2) is 6.07 Å². The predicted octanol–water partition coefficient (Wildman–Crippen LogP) is 2.58. The number of hydrogen-bond acceptors (Lipinski definition) is 6. The number of aromatic nitrogens is 2. The number of alkyl halides is 3. The summed E-state index contributed by atoms with van der Waals surface area (Å²) < 4.78 is 56.5. The highest BCUT2D eigenvalue weighted by Crippen LogP contribution is 2.48. The fraction of sp³-hybridized carbons (Fsp3) is 0.765. The molecule has 1 aliphatic heterocycles. The Hall–Kier alpha value is -1.45. The van der Waals surface area contributed by atoms with Gasteiger partial charge in [-0.15, -0.1) is 0 Å². The van der Waals surface area contributed by atoms with E-state index < -0.39 is 23.2 Å². The minimum atomic E-state index is -4.66. The van der Waals surface area contributed by atoms with Crippen LogP contribution >= 0.6 is 0 Å². The molecule has 4 rings (SSSR count). The van der Waals surface area contributed by atoms with E-state index in [1.165, 1.54) is 6.07 Å². The molecule has 1 N–H and O–H groups in total. The van der Waals surface area contributed by atoms with Crippen molar-refractivity contribution in [3.8, 4) is 5.88 Å². The van der Waals surface area contributed by atoms with Crippen molar-refractivity contribution in [2.24, 2.45) is 0 Å². The van der Waals surface area contributed by atoms with Crippen molar-refractivity contribution in [3.05, 3.63) is 17.6 Å². The zero-order valence-corrected chi connectivity index (χ0v) is 14.2. The molecule has 0 bridgehead atoms. The lowest BCUT2D eigenvalue weighted by Crippen LogP contribution is -2.38. The van der Waals surface area contributed by atoms with Gasteiger partial charge in [0.15, 0.2) is 5.79 Å². The fourth-order valence-electron chi connectivity index (χ4n) is 3.64. The molecule has 2 saturated carbocycles. The molecule has 0 unspecified atom stereocenters. The van der Waals surface area contributed by atoms with Crippen LogP contribution in [0.2, 0.25) is 0 Å². The molecular weight excluding hydrogens is 353 g/mol. The number of rotatable bonds is 4. The maximum Gasteiger partial charge on any atom is 0.451 e. The molecule has 26 heavy (non-hydrogen) atoms. The number of halogens is 3. The van der Waals surface area contributed by atoms with Crippen LogP contribution in [0.1, 0.15) is 50.0 Å². The molecule has 3 fully saturated rings. The van der Waals surface area contributed by atoms with Crippen LogP contribution < -0.4 is 4.74 Å². The van der Waals surface area contributed by atoms with Crippen LogP contribution in [0.25, 0.3) is 0 Å². The third kappa shape index (κ3) is 3.39. The van der Waals surface area contributed by atoms with Gasteiger partial charge in [0.1, 0.15) is 6.10 Å². The molecule has 0 atom stereocenters. The summed E-state index contributed by atoms with van der Waals surface area (Å²) >= 11 is 0. The monoisotopic (exact) mass is 374 g/mol. The minimum absolute atomic E-state index is 0.0868. The predicted molar refractivity (Wildman–Crippen MR) is 82.6 cm³/mol. The molecule has 0 amide bonds. The molecule has 1 spiro atoms. The highest BCUT2D eigenvalue weighted by atomic mass is 19.4. The van der Waals surface area contributed by atoms with Gasteiger partial charge < -0.3 is 19.3 Å². The fourth-order valence-corrected chi connectivity index (χ4v) is 3.64. The lowest BCUT2D eigenvalue weighted by Gasteiger charge is -2.35. The van der Waals surface area contributed by atoms with Gasteiger partial charge in [0.05, 0.1) is 25.5 Å². The van der Waals surface area contributed by atoms with E-state index in [0.29, 0.717) is 51.7 Å². The first kappa shape index (κ1) is 17.9. The van der Waals surface area contributed by atoms with E-state index in [9.17, 15) is 18.3 Å². The zero-order chi connectivity index (χ0) is 18.4. The maximum absolute atomic E-state index is 13.2. The van der Waals surface area contributed by atoms with E-state index in [1.807, 2.05) is 0 Å². The topological polar surface area (TPSA) is 73.7 Å². The summed E-state index contributed by atoms with van der Waals surface area (Å²) in [6.07, 6.45) is -1.18. The molecule has 9 heteroatoms. The smallest absolute Gasteiger partial charge is 0.451 e. The van der Waals surface area contributed by atoms with Gasteiger partial charge in [0.2, 0.25) is 11.7 Å². The third-order valence-corrected chi connectivity index (χ3v) is 5.45. The van der Waals surface area contributed by atoms with E-state index in [1.54, 1.807) is 0 Å². The van der Waals surface area contributed by atoms with Crippen molar-refractivity contribution >= 4 is 0 Å². The van der Waals surface area contributed by atoms with Crippen LogP contribution in [-0.4, -0.2) is 46.8 Å². The maximum atomic E-state index is 13.2. The lowest BCUT2D eigenvalue weighted by molar-refractivity contribution is -0.186. The van der Waals surface area contributed by atoms with E-state index in [-0.39, 0.29) is 24.3 Å². The number of aliphatic hydroxyl groups is 1. The Morgan fingerprint density at radius 1 is 1.12 bits per heavy atom. The highest BCUT2D eigenvalue weighted by Gasteiger charge is 2.47. The van der Waals surface area contributed by atoms with Crippen molar-refractivity contribution < 1.29 is 32.5 Å². The summed E-state index contributed by atoms with van der Waals surface area (Å²) in [5.41, 5.74) is -0.490. The summed E-state index contributed by atoms with van der Waals surface area (Å²) in [5.74, 6) is -1.86. The zero-order valence-electron chi connectivity index (χ0n) is 14.2. The van der Waals surface area contributed by atoms with Gasteiger partial charge in [0, 0.05) is 24.3 Å². The minimum Gasteiger partial charge on any atom is -0.474 e. The number of ether oxygens (including phenoxy) is 3. The van der Waals surface area contributed by atoms with Gasteiger partial charge in [-0.3, -0.25) is 0 Å². The Morgan fingerprint density at radius 3 is 2.31 bits per heavy atom. The van der Waals surface area contributed by atoms with Crippen molar-refractivity contribution in [3.63, 3.8) is 0 Å². The first-order valence-corrected chi connectivity index (χ1v) is 8.86. The second-order valence-electron chi connectivity index (χ2n) is 7.28. The standard InChI is InChI=1S/C17H21F3N2O4/c18-17(19,20)14-21-12(15(10-23)5-6-15)9-13(22-14)26-11-1-3-16(4-2-11)24-7-8-25-16/h9,11,23H,1-8,10H2. The van der Waals surface area contributed by atoms with Crippen molar-refractivity contribution in [1.29, 1.82) is 0 Å². The van der Waals surface area contributed by atoms with Crippen LogP contribution in [-0.2, 0) is 21.1 Å². The van der Waals surface area contributed by atoms with E-state index in [0.717, 1.165) is 0 Å². The van der Waals surface area contributed by atoms with Gasteiger partial charge in [-0.1, -0.05) is 0 Å². The first-order valence-electron chi connectivity index (χ1n) is 8.86. The van der Waals surface area contributed by atoms with Crippen LogP contribution in [0, 0.1) is 0 Å². The summed E-state index contributed by atoms with van der Waals surface area (Å²) in [6, 6.07) is 1.44. The van der Waals surface area contributed by atoms with Gasteiger partial charge in [-0.05, 0) is 25.7 Å². The average molecular weight is 374 g/mol. The molecule has 3 aliphatic rings. The Morgan fingerprint density at radius 2 is 1.77 bits per heavy atom. The Bertz CT molecular complexity index is 662. The molecule has 0 radical (unpaired) electrons. The summed E-state index contributed by atoms with van der Waals surface area (Å²) in [4.78, 5) is 7.21. The normalized spacial score (nSPS) is 24.8. The quantitative estimate of drug-likeness (QED) is 0.873. The molecule has 0 aromatic carbocycles. The second kappa shape index (κ2) is 6.31. The number of nitrogens with zero attached hydrogens (tertiary/aromatic N) is 2. The van der Waals surface area contributed by atoms with Gasteiger partial charge in [-0.2, -0.15) is 18.2 Å². The molecule has 1 aromatic rings. The molecule has 2 aliphatic carbocycles. The number of aliphatic hydroxyl groups excluding tert-OH is 1. The molecule has 2 heterocycles. The average Bonchev–Trinajstić information content (AvgIpc) is 3.30. The van der Waals surface area contributed by atoms with Crippen LogP contribution in [0.4, 0.5) is 13.2 Å². The van der Waals surface area contributed by atoms with E-state index >= 15 is 0 Å². The molecule has 1 saturated heterocycles. The second-order valence-corrected chi connectivity index (χ2v) is 7.28. The van der Waals surface area contributed by atoms with Gasteiger partial charge >= 0.3 is 6.18 Å². The number of hydrogen-bond donors (Lipinski definition) is 1. The Balaban J connectivity index is 1.51. The largest absolute Gasteiger partial charge is 0.474 e. The SMILES string of the molecule is OCC1(c2cc(OC3CCC4(CC3)OCCO4)nc(C(F)(F)F)n2)CC1. The van der Waals surface area contributed by atoms with E-state index in [2.05, 4.69) is 9.97 Å². The highest BCUT2D eigenvalue weighted by molar-refractivity contribution is 5.30. The van der Waals surface area contributed by atoms with Crippen molar-refractivity contribution in [1.82, 2.24) is 9.97 Å². The van der Waals surface area contributed by atoms with E-state index in [4.69, 9.17) is 14.2 Å². The van der Waals surface area contributed by atoms with Crippen molar-refractivity contribution in [2.45, 2.75) is 62.0 Å². The first-order chi connectivity index (χ1) is 12.3. The Labute approximate surface area is 148 Å². The van der Waals surface area contributed by atoms with Crippen molar-refractivity contribution in [2.75, 3.05) is 19.8 Å². The van der Waals surface area contributed by atoms with Crippen LogP contribution in [0.5, 0.6) is 5.88 Å². The molecule has 1 aromatic heterocycles. The summed E-state index contributed by atoms with van der Waals surface area (Å²) in [5, 5.41) is 9.52. The summed E-state index contributed by atoms with van der Waals surface area (Å²) in [6.45, 7) is 0.902. The van der Waals surface area contributed by atoms with Gasteiger partial charge in [0.25, 0.3) is 0 Å². The molecule has 144 valence electrons.